The van der Waals surface area contributed by atoms with Gasteiger partial charge in [-0.05, 0) is 77.3 Å². The maximum atomic E-state index is 13.9. The van der Waals surface area contributed by atoms with Crippen molar-refractivity contribution in [3.8, 4) is 12.3 Å². The van der Waals surface area contributed by atoms with E-state index in [0.717, 1.165) is 5.56 Å². The number of alkyl carbamates (subject to hydrolysis) is 1. The number of halogens is 1. The van der Waals surface area contributed by atoms with Gasteiger partial charge in [0.25, 0.3) is 5.91 Å². The molecule has 0 aliphatic heterocycles. The number of nitrogens with zero attached hydrogens (tertiary/aromatic N) is 1. The van der Waals surface area contributed by atoms with Crippen molar-refractivity contribution in [2.45, 2.75) is 78.6 Å². The van der Waals surface area contributed by atoms with Crippen LogP contribution in [0.4, 0.5) is 10.5 Å². The van der Waals surface area contributed by atoms with E-state index in [1.54, 1.807) is 64.1 Å². The molecule has 3 atom stereocenters. The Morgan fingerprint density at radius 2 is 1.73 bits per heavy atom. The van der Waals surface area contributed by atoms with Gasteiger partial charge in [-0.2, -0.15) is 0 Å². The Hall–Kier alpha value is -3.50. The zero-order valence-electron chi connectivity index (χ0n) is 22.5. The molecule has 0 aliphatic carbocycles. The standard InChI is InChI=1S/C29H36ClN3O4/c1-9-19(4)33(27(35)20(5)31-28(36)37-29(6,7)8)25(22-16-14-21(10-2)15-17-22)26(34)32-24-18(3)12-11-13-23(24)30/h2,11-17,19-20,25H,9H2,1,3-8H3,(H,31,36)(H,32,34). The van der Waals surface area contributed by atoms with Gasteiger partial charge < -0.3 is 20.3 Å². The number of benzene rings is 2. The molecule has 2 rings (SSSR count). The highest BCUT2D eigenvalue weighted by Gasteiger charge is 2.37. The third kappa shape index (κ3) is 7.99. The summed E-state index contributed by atoms with van der Waals surface area (Å²) in [7, 11) is 0. The molecule has 2 aromatic rings. The Labute approximate surface area is 224 Å². The number of nitrogens with one attached hydrogen (secondary N) is 2. The van der Waals surface area contributed by atoms with Gasteiger partial charge in [0, 0.05) is 11.6 Å². The first-order valence-corrected chi connectivity index (χ1v) is 12.6. The summed E-state index contributed by atoms with van der Waals surface area (Å²) in [4.78, 5) is 41.5. The molecule has 0 aromatic heterocycles. The molecular formula is C29H36ClN3O4. The van der Waals surface area contributed by atoms with Gasteiger partial charge in [-0.1, -0.05) is 48.7 Å². The molecule has 2 aromatic carbocycles. The van der Waals surface area contributed by atoms with Gasteiger partial charge in [-0.3, -0.25) is 9.59 Å². The van der Waals surface area contributed by atoms with Crippen molar-refractivity contribution in [2.24, 2.45) is 0 Å². The summed E-state index contributed by atoms with van der Waals surface area (Å²) < 4.78 is 5.32. The molecule has 7 nitrogen and oxygen atoms in total. The summed E-state index contributed by atoms with van der Waals surface area (Å²) in [6.07, 6.45) is 5.37. The van der Waals surface area contributed by atoms with Crippen molar-refractivity contribution in [3.05, 3.63) is 64.2 Å². The van der Waals surface area contributed by atoms with Crippen LogP contribution in [-0.4, -0.2) is 40.5 Å². The Morgan fingerprint density at radius 3 is 2.24 bits per heavy atom. The third-order valence-corrected chi connectivity index (χ3v) is 6.13. The molecule has 0 bridgehead atoms. The van der Waals surface area contributed by atoms with E-state index < -0.39 is 35.6 Å². The second-order valence-corrected chi connectivity index (χ2v) is 10.4. The Balaban J connectivity index is 2.52. The fraction of sp³-hybridized carbons (Fsp3) is 0.414. The molecule has 0 aliphatic rings. The van der Waals surface area contributed by atoms with Crippen LogP contribution in [-0.2, 0) is 14.3 Å². The molecule has 3 amide bonds. The Morgan fingerprint density at radius 1 is 1.11 bits per heavy atom. The number of hydrogen-bond acceptors (Lipinski definition) is 4. The SMILES string of the molecule is C#Cc1ccc(C(C(=O)Nc2c(C)cccc2Cl)N(C(=O)C(C)NC(=O)OC(C)(C)C)C(C)CC)cc1. The monoisotopic (exact) mass is 525 g/mol. The second kappa shape index (κ2) is 12.6. The number of anilines is 1. The van der Waals surface area contributed by atoms with E-state index in [2.05, 4.69) is 16.6 Å². The van der Waals surface area contributed by atoms with Gasteiger partial charge in [0.15, 0.2) is 0 Å². The molecule has 0 saturated heterocycles. The molecule has 2 N–H and O–H groups in total. The number of hydrogen-bond donors (Lipinski definition) is 2. The van der Waals surface area contributed by atoms with E-state index in [0.29, 0.717) is 28.3 Å². The highest BCUT2D eigenvalue weighted by molar-refractivity contribution is 6.34. The zero-order valence-corrected chi connectivity index (χ0v) is 23.3. The maximum Gasteiger partial charge on any atom is 0.408 e. The van der Waals surface area contributed by atoms with Crippen LogP contribution in [0.5, 0.6) is 0 Å². The number of carbonyl (C=O) groups excluding carboxylic acids is 3. The van der Waals surface area contributed by atoms with Gasteiger partial charge in [0.2, 0.25) is 5.91 Å². The van der Waals surface area contributed by atoms with Crippen LogP contribution in [0.2, 0.25) is 5.02 Å². The normalized spacial score (nSPS) is 13.5. The van der Waals surface area contributed by atoms with Crippen molar-refractivity contribution in [2.75, 3.05) is 5.32 Å². The number of terminal acetylenes is 1. The fourth-order valence-electron chi connectivity index (χ4n) is 3.75. The molecule has 0 saturated carbocycles. The largest absolute Gasteiger partial charge is 0.444 e. The lowest BCUT2D eigenvalue weighted by Crippen LogP contribution is -2.53. The number of para-hydroxylation sites is 1. The first-order valence-electron chi connectivity index (χ1n) is 12.2. The van der Waals surface area contributed by atoms with E-state index >= 15 is 0 Å². The van der Waals surface area contributed by atoms with Crippen molar-refractivity contribution < 1.29 is 19.1 Å². The number of ether oxygens (including phenoxy) is 1. The molecule has 0 fully saturated rings. The predicted molar refractivity (Wildman–Crippen MR) is 147 cm³/mol. The van der Waals surface area contributed by atoms with E-state index in [9.17, 15) is 14.4 Å². The Kier molecular flexibility index (Phi) is 10.2. The number of amides is 3. The van der Waals surface area contributed by atoms with Crippen LogP contribution in [0.15, 0.2) is 42.5 Å². The molecule has 0 spiro atoms. The zero-order chi connectivity index (χ0) is 27.9. The molecule has 0 heterocycles. The minimum absolute atomic E-state index is 0.342. The molecule has 3 unspecified atom stereocenters. The Bertz CT molecular complexity index is 1140. The van der Waals surface area contributed by atoms with E-state index in [4.69, 9.17) is 22.8 Å². The summed E-state index contributed by atoms with van der Waals surface area (Å²) in [5.74, 6) is 1.69. The summed E-state index contributed by atoms with van der Waals surface area (Å²) >= 11 is 6.38. The molecule has 8 heteroatoms. The van der Waals surface area contributed by atoms with Crippen molar-refractivity contribution in [1.82, 2.24) is 10.2 Å². The van der Waals surface area contributed by atoms with Gasteiger partial charge in [0.1, 0.15) is 17.7 Å². The van der Waals surface area contributed by atoms with E-state index in [1.807, 2.05) is 26.8 Å². The number of carbonyl (C=O) groups is 3. The van der Waals surface area contributed by atoms with Gasteiger partial charge in [-0.15, -0.1) is 6.42 Å². The first-order chi connectivity index (χ1) is 17.3. The van der Waals surface area contributed by atoms with Crippen molar-refractivity contribution in [3.63, 3.8) is 0 Å². The quantitative estimate of drug-likeness (QED) is 0.423. The molecule has 0 radical (unpaired) electrons. The lowest BCUT2D eigenvalue weighted by molar-refractivity contribution is -0.143. The van der Waals surface area contributed by atoms with Gasteiger partial charge in [-0.25, -0.2) is 4.79 Å². The lowest BCUT2D eigenvalue weighted by Gasteiger charge is -2.37. The lowest BCUT2D eigenvalue weighted by atomic mass is 9.98. The van der Waals surface area contributed by atoms with Gasteiger partial charge >= 0.3 is 6.09 Å². The highest BCUT2D eigenvalue weighted by Crippen LogP contribution is 2.31. The topological polar surface area (TPSA) is 87.7 Å². The van der Waals surface area contributed by atoms with Crippen LogP contribution >= 0.6 is 11.6 Å². The molecule has 198 valence electrons. The fourth-order valence-corrected chi connectivity index (χ4v) is 4.02. The van der Waals surface area contributed by atoms with Crippen LogP contribution < -0.4 is 10.6 Å². The molecule has 37 heavy (non-hydrogen) atoms. The molecular weight excluding hydrogens is 490 g/mol. The van der Waals surface area contributed by atoms with Crippen LogP contribution in [0, 0.1) is 19.3 Å². The minimum atomic E-state index is -1.02. The number of rotatable bonds is 8. The predicted octanol–water partition coefficient (Wildman–Crippen LogP) is 5.85. The summed E-state index contributed by atoms with van der Waals surface area (Å²) in [6.45, 7) is 12.4. The van der Waals surface area contributed by atoms with Crippen molar-refractivity contribution in [1.29, 1.82) is 0 Å². The maximum absolute atomic E-state index is 13.9. The van der Waals surface area contributed by atoms with Crippen LogP contribution in [0.25, 0.3) is 0 Å². The average Bonchev–Trinajstić information content (AvgIpc) is 2.82. The average molecular weight is 526 g/mol. The van der Waals surface area contributed by atoms with Crippen molar-refractivity contribution >= 4 is 35.2 Å². The smallest absolute Gasteiger partial charge is 0.408 e. The third-order valence-electron chi connectivity index (χ3n) is 5.81. The second-order valence-electron chi connectivity index (χ2n) is 9.96. The summed E-state index contributed by atoms with van der Waals surface area (Å²) in [6, 6.07) is 9.90. The highest BCUT2D eigenvalue weighted by atomic mass is 35.5. The number of aryl methyl sites for hydroxylation is 1. The van der Waals surface area contributed by atoms with Crippen LogP contribution in [0.1, 0.15) is 70.7 Å². The van der Waals surface area contributed by atoms with E-state index in [1.165, 1.54) is 4.90 Å². The summed E-state index contributed by atoms with van der Waals surface area (Å²) in [5.41, 5.74) is 1.74. The first kappa shape index (κ1) is 29.7. The van der Waals surface area contributed by atoms with Gasteiger partial charge in [0.05, 0.1) is 10.7 Å². The minimum Gasteiger partial charge on any atom is -0.444 e. The summed E-state index contributed by atoms with van der Waals surface area (Å²) in [5, 5.41) is 5.89. The van der Waals surface area contributed by atoms with E-state index in [-0.39, 0.29) is 6.04 Å². The van der Waals surface area contributed by atoms with Crippen LogP contribution in [0.3, 0.4) is 0 Å².